The van der Waals surface area contributed by atoms with Gasteiger partial charge in [0.1, 0.15) is 0 Å². The summed E-state index contributed by atoms with van der Waals surface area (Å²) in [5.41, 5.74) is 0. The molecule has 0 radical (unpaired) electrons. The van der Waals surface area contributed by atoms with E-state index in [9.17, 15) is 9.90 Å². The third-order valence-electron chi connectivity index (χ3n) is 12.2. The van der Waals surface area contributed by atoms with Crippen LogP contribution >= 0.6 is 0 Å². The average Bonchev–Trinajstić information content (AvgIpc) is 3.13. The zero-order chi connectivity index (χ0) is 38.7. The fraction of sp³-hybridized carbons (Fsp3) is 0.978. The third-order valence-corrected chi connectivity index (χ3v) is 48.7. The van der Waals surface area contributed by atoms with E-state index >= 15 is 0 Å². The topological polar surface area (TPSA) is 65.0 Å². The Kier molecular flexibility index (Phi) is 37.9. The monoisotopic (exact) mass is 955 g/mol. The molecule has 0 aliphatic carbocycles. The Hall–Kier alpha value is 0.787. The van der Waals surface area contributed by atoms with Crippen LogP contribution in [0.4, 0.5) is 4.79 Å². The molecule has 1 N–H and O–H groups in total. The van der Waals surface area contributed by atoms with Crippen molar-refractivity contribution >= 4 is 45.1 Å². The fourth-order valence-electron chi connectivity index (χ4n) is 8.38. The van der Waals surface area contributed by atoms with E-state index in [2.05, 4.69) is 55.4 Å². The van der Waals surface area contributed by atoms with Crippen LogP contribution in [0.15, 0.2) is 0 Å². The van der Waals surface area contributed by atoms with Crippen LogP contribution in [0.5, 0.6) is 0 Å². The van der Waals surface area contributed by atoms with Crippen LogP contribution in [0.2, 0.25) is 21.7 Å². The summed E-state index contributed by atoms with van der Waals surface area (Å²) in [6.45, 7) is 19.0. The standard InChI is InChI=1S/C13H25O4.4C8H17.O.2Sn.H/c1-5-10(6-2)9-16-12(17-13(14)15)11(7-3)8-4;4*1-3-5-7-8-6-4-2;;;;/h7,10-12H,5-6,8-9H2,1-4H3,(H,14,15);4*1,3-8H2,2H3;;;;. The summed E-state index contributed by atoms with van der Waals surface area (Å²) < 4.78 is 26.2. The first-order chi connectivity index (χ1) is 25.3. The van der Waals surface area contributed by atoms with Gasteiger partial charge in [-0.1, -0.05) is 0 Å². The zero-order valence-electron chi connectivity index (χ0n) is 36.6. The molecule has 0 heterocycles. The van der Waals surface area contributed by atoms with Crippen LogP contribution in [0.3, 0.4) is 0 Å². The SMILES string of the molecule is CCCCCCC[CH2][SnH]([CH2]CCCCCCC)[O][Sn]([CH2]CCCCCCC)([CH2]CCCCCCC)[CH](C)C(CC)C(OCC(CC)CC)OC(=O)O. The van der Waals surface area contributed by atoms with Crippen LogP contribution in [-0.4, -0.2) is 63.1 Å². The number of hydrogen-bond acceptors (Lipinski definition) is 4. The molecular formula is C45H94O5Sn2. The second kappa shape index (κ2) is 37.4. The molecule has 0 aliphatic rings. The van der Waals surface area contributed by atoms with E-state index in [1.54, 1.807) is 0 Å². The van der Waals surface area contributed by atoms with E-state index in [4.69, 9.17) is 10.9 Å². The van der Waals surface area contributed by atoms with Gasteiger partial charge in [0, 0.05) is 0 Å². The number of carbonyl (C=O) groups is 1. The number of ether oxygens (including phenoxy) is 2. The maximum absolute atomic E-state index is 12.2. The molecule has 0 aromatic carbocycles. The molecule has 0 bridgehead atoms. The molecule has 0 amide bonds. The van der Waals surface area contributed by atoms with Crippen molar-refractivity contribution in [1.29, 1.82) is 0 Å². The second-order valence-electron chi connectivity index (χ2n) is 16.6. The Morgan fingerprint density at radius 1 is 0.558 bits per heavy atom. The van der Waals surface area contributed by atoms with Crippen LogP contribution in [0.1, 0.15) is 229 Å². The number of carboxylic acid groups (broad SMARTS) is 1. The van der Waals surface area contributed by atoms with Gasteiger partial charge >= 0.3 is 341 Å². The summed E-state index contributed by atoms with van der Waals surface area (Å²) in [6, 6.07) is 0. The summed E-state index contributed by atoms with van der Waals surface area (Å²) in [5.74, 6) is 0.496. The van der Waals surface area contributed by atoms with Crippen molar-refractivity contribution in [2.45, 2.75) is 257 Å². The van der Waals surface area contributed by atoms with E-state index in [0.29, 0.717) is 16.5 Å². The van der Waals surface area contributed by atoms with Crippen molar-refractivity contribution in [3.05, 3.63) is 0 Å². The summed E-state index contributed by atoms with van der Waals surface area (Å²) in [5, 5.41) is 9.97. The molecule has 0 fully saturated rings. The summed E-state index contributed by atoms with van der Waals surface area (Å²) in [7, 11) is 0. The molecule has 3 atom stereocenters. The van der Waals surface area contributed by atoms with Crippen LogP contribution in [0.25, 0.3) is 0 Å². The quantitative estimate of drug-likeness (QED) is 0.0287. The predicted octanol–water partition coefficient (Wildman–Crippen LogP) is 16.0. The Morgan fingerprint density at radius 3 is 1.31 bits per heavy atom. The molecule has 0 rings (SSSR count). The first kappa shape index (κ1) is 52.8. The maximum atomic E-state index is 12.2. The van der Waals surface area contributed by atoms with Crippen molar-refractivity contribution in [2.75, 3.05) is 6.61 Å². The Bertz CT molecular complexity index is 732. The third kappa shape index (κ3) is 26.6. The van der Waals surface area contributed by atoms with Gasteiger partial charge < -0.3 is 0 Å². The van der Waals surface area contributed by atoms with E-state index in [-0.39, 0.29) is 5.92 Å². The number of rotatable bonds is 40. The Balaban J connectivity index is 6.63. The second-order valence-corrected chi connectivity index (χ2v) is 40.1. The first-order valence-corrected chi connectivity index (χ1v) is 36.3. The normalized spacial score (nSPS) is 14.0. The molecule has 0 aromatic rings. The van der Waals surface area contributed by atoms with Gasteiger partial charge in [0.05, 0.1) is 0 Å². The minimum atomic E-state index is -3.35. The molecule has 312 valence electrons. The van der Waals surface area contributed by atoms with Gasteiger partial charge in [-0.15, -0.1) is 0 Å². The van der Waals surface area contributed by atoms with E-state index in [1.807, 2.05) is 0 Å². The molecule has 0 saturated carbocycles. The molecule has 0 aliphatic heterocycles. The van der Waals surface area contributed by atoms with E-state index < -0.39 is 51.4 Å². The average molecular weight is 953 g/mol. The van der Waals surface area contributed by atoms with Gasteiger partial charge in [0.2, 0.25) is 0 Å². The summed E-state index contributed by atoms with van der Waals surface area (Å²) in [6.07, 6.45) is 33.3. The van der Waals surface area contributed by atoms with Crippen molar-refractivity contribution in [3.8, 4) is 0 Å². The summed E-state index contributed by atoms with van der Waals surface area (Å²) in [4.78, 5) is 12.2. The molecule has 0 spiro atoms. The van der Waals surface area contributed by atoms with Crippen molar-refractivity contribution in [2.24, 2.45) is 11.8 Å². The van der Waals surface area contributed by atoms with Gasteiger partial charge in [0.15, 0.2) is 0 Å². The first-order valence-electron chi connectivity index (χ1n) is 23.5. The zero-order valence-corrected chi connectivity index (χ0v) is 42.7. The van der Waals surface area contributed by atoms with Gasteiger partial charge in [-0.3, -0.25) is 0 Å². The molecule has 3 unspecified atom stereocenters. The Labute approximate surface area is 338 Å². The molecule has 0 saturated heterocycles. The minimum absolute atomic E-state index is 0.0662. The van der Waals surface area contributed by atoms with Crippen molar-refractivity contribution < 1.29 is 20.8 Å². The number of hydrogen-bond donors (Lipinski definition) is 1. The molecular weight excluding hydrogens is 858 g/mol. The molecule has 52 heavy (non-hydrogen) atoms. The van der Waals surface area contributed by atoms with Gasteiger partial charge in [-0.2, -0.15) is 0 Å². The Morgan fingerprint density at radius 2 is 0.942 bits per heavy atom. The van der Waals surface area contributed by atoms with Crippen LogP contribution in [-0.2, 0) is 10.9 Å². The molecule has 0 aromatic heterocycles. The van der Waals surface area contributed by atoms with Crippen LogP contribution < -0.4 is 0 Å². The van der Waals surface area contributed by atoms with Crippen molar-refractivity contribution in [1.82, 2.24) is 0 Å². The predicted molar refractivity (Wildman–Crippen MR) is 233 cm³/mol. The van der Waals surface area contributed by atoms with Gasteiger partial charge in [-0.05, 0) is 0 Å². The molecule has 5 nitrogen and oxygen atoms in total. The summed E-state index contributed by atoms with van der Waals surface area (Å²) >= 11 is -5.69. The van der Waals surface area contributed by atoms with Gasteiger partial charge in [0.25, 0.3) is 0 Å². The van der Waals surface area contributed by atoms with E-state index in [1.165, 1.54) is 172 Å². The number of unbranched alkanes of at least 4 members (excludes halogenated alkanes) is 20. The van der Waals surface area contributed by atoms with Crippen molar-refractivity contribution in [3.63, 3.8) is 0 Å². The fourth-order valence-corrected chi connectivity index (χ4v) is 54.7. The van der Waals surface area contributed by atoms with Gasteiger partial charge in [-0.25, -0.2) is 0 Å². The molecule has 7 heteroatoms. The van der Waals surface area contributed by atoms with Crippen LogP contribution in [0, 0.1) is 11.8 Å². The van der Waals surface area contributed by atoms with E-state index in [0.717, 1.165) is 19.3 Å².